The van der Waals surface area contributed by atoms with Gasteiger partial charge < -0.3 is 4.57 Å². The molecule has 0 atom stereocenters. The van der Waals surface area contributed by atoms with Gasteiger partial charge in [0.1, 0.15) is 11.4 Å². The summed E-state index contributed by atoms with van der Waals surface area (Å²) in [5.74, 6) is 0.842. The molecule has 2 aromatic heterocycles. The molecule has 30 heavy (non-hydrogen) atoms. The summed E-state index contributed by atoms with van der Waals surface area (Å²) < 4.78 is 4.23. The van der Waals surface area contributed by atoms with Gasteiger partial charge in [-0.3, -0.25) is 9.20 Å². The molecule has 4 heteroatoms. The molecule has 0 fully saturated rings. The first-order valence-electron chi connectivity index (χ1n) is 10.4. The number of fused-ring (bicyclic) bond motifs is 3. The van der Waals surface area contributed by atoms with E-state index in [4.69, 9.17) is 4.98 Å². The van der Waals surface area contributed by atoms with Gasteiger partial charge in [0.25, 0.3) is 0 Å². The third-order valence-corrected chi connectivity index (χ3v) is 5.56. The maximum atomic E-state index is 12.7. The van der Waals surface area contributed by atoms with Crippen molar-refractivity contribution in [3.63, 3.8) is 0 Å². The molecule has 4 nitrogen and oxygen atoms in total. The second-order valence-electron chi connectivity index (χ2n) is 7.58. The molecule has 2 heterocycles. The van der Waals surface area contributed by atoms with E-state index < -0.39 is 0 Å². The summed E-state index contributed by atoms with van der Waals surface area (Å²) in [7, 11) is 0. The van der Waals surface area contributed by atoms with Gasteiger partial charge in [0.15, 0.2) is 5.78 Å². The van der Waals surface area contributed by atoms with Crippen molar-refractivity contribution in [2.45, 2.75) is 26.8 Å². The molecule has 0 amide bonds. The van der Waals surface area contributed by atoms with E-state index >= 15 is 0 Å². The lowest BCUT2D eigenvalue weighted by Gasteiger charge is -2.05. The van der Waals surface area contributed by atoms with Crippen LogP contribution in [0.1, 0.15) is 30.8 Å². The van der Waals surface area contributed by atoms with Crippen molar-refractivity contribution in [2.24, 2.45) is 0 Å². The second kappa shape index (κ2) is 7.30. The maximum Gasteiger partial charge on any atom is 0.216 e. The lowest BCUT2D eigenvalue weighted by molar-refractivity contribution is 0.101. The number of aryl methyl sites for hydroxylation is 1. The molecule has 0 aliphatic heterocycles. The minimum absolute atomic E-state index is 0.0176. The van der Waals surface area contributed by atoms with E-state index in [-0.39, 0.29) is 5.78 Å². The zero-order valence-electron chi connectivity index (χ0n) is 17.2. The van der Waals surface area contributed by atoms with Crippen molar-refractivity contribution >= 4 is 22.6 Å². The van der Waals surface area contributed by atoms with Crippen molar-refractivity contribution in [3.8, 4) is 22.4 Å². The van der Waals surface area contributed by atoms with Gasteiger partial charge in [0.2, 0.25) is 5.78 Å². The number of rotatable bonds is 5. The molecule has 0 spiro atoms. The van der Waals surface area contributed by atoms with E-state index in [1.54, 1.807) is 6.92 Å². The Kier molecular flexibility index (Phi) is 4.47. The van der Waals surface area contributed by atoms with Gasteiger partial charge in [-0.1, -0.05) is 73.7 Å². The van der Waals surface area contributed by atoms with Gasteiger partial charge in [-0.2, -0.15) is 0 Å². The molecule has 5 rings (SSSR count). The summed E-state index contributed by atoms with van der Waals surface area (Å²) in [5, 5.41) is 0. The van der Waals surface area contributed by atoms with E-state index in [1.807, 2.05) is 34.7 Å². The number of carbonyl (C=O) groups is 1. The van der Waals surface area contributed by atoms with Crippen LogP contribution in [0.4, 0.5) is 0 Å². The van der Waals surface area contributed by atoms with Crippen LogP contribution in [-0.2, 0) is 6.54 Å². The number of hydrogen-bond donors (Lipinski definition) is 0. The van der Waals surface area contributed by atoms with Gasteiger partial charge in [-0.25, -0.2) is 4.98 Å². The molecular weight excluding hydrogens is 370 g/mol. The summed E-state index contributed by atoms with van der Waals surface area (Å²) in [4.78, 5) is 17.7. The van der Waals surface area contributed by atoms with Crippen LogP contribution in [0, 0.1) is 0 Å². The second-order valence-corrected chi connectivity index (χ2v) is 7.58. The molecule has 0 aliphatic rings. The van der Waals surface area contributed by atoms with Crippen LogP contribution in [0.2, 0.25) is 0 Å². The number of para-hydroxylation sites is 2. The fraction of sp³-hybridized carbons (Fsp3) is 0.154. The number of imidazole rings is 2. The van der Waals surface area contributed by atoms with Gasteiger partial charge in [0.05, 0.1) is 11.0 Å². The highest BCUT2D eigenvalue weighted by molar-refractivity contribution is 6.01. The largest absolute Gasteiger partial charge is 0.310 e. The van der Waals surface area contributed by atoms with Crippen LogP contribution in [0.3, 0.4) is 0 Å². The van der Waals surface area contributed by atoms with E-state index in [0.717, 1.165) is 46.6 Å². The first kappa shape index (κ1) is 18.4. The SMILES string of the molecule is CCCn1c2ccccc2n2c(C(C)=O)c(-c3ccc(-c4ccccc4)cc3)nc12. The Labute approximate surface area is 175 Å². The Bertz CT molecular complexity index is 1360. The van der Waals surface area contributed by atoms with Crippen molar-refractivity contribution in [3.05, 3.63) is 84.6 Å². The smallest absolute Gasteiger partial charge is 0.216 e. The highest BCUT2D eigenvalue weighted by Crippen LogP contribution is 2.31. The number of hydrogen-bond acceptors (Lipinski definition) is 2. The molecule has 0 aliphatic carbocycles. The number of ketones is 1. The molecule has 3 aromatic carbocycles. The molecule has 0 radical (unpaired) electrons. The van der Waals surface area contributed by atoms with Crippen LogP contribution in [0.15, 0.2) is 78.9 Å². The normalized spacial score (nSPS) is 11.4. The molecule has 5 aromatic rings. The van der Waals surface area contributed by atoms with Crippen LogP contribution in [0.5, 0.6) is 0 Å². The maximum absolute atomic E-state index is 12.7. The van der Waals surface area contributed by atoms with Gasteiger partial charge >= 0.3 is 0 Å². The van der Waals surface area contributed by atoms with Crippen molar-refractivity contribution in [1.82, 2.24) is 14.0 Å². The molecule has 0 unspecified atom stereocenters. The fourth-order valence-corrected chi connectivity index (χ4v) is 4.23. The predicted octanol–water partition coefficient (Wildman–Crippen LogP) is 6.24. The summed E-state index contributed by atoms with van der Waals surface area (Å²) in [5.41, 5.74) is 6.78. The van der Waals surface area contributed by atoms with Crippen molar-refractivity contribution < 1.29 is 4.79 Å². The quantitative estimate of drug-likeness (QED) is 0.332. The Morgan fingerprint density at radius 1 is 0.800 bits per heavy atom. The molecular formula is C26H23N3O. The summed E-state index contributed by atoms with van der Waals surface area (Å²) in [6, 6.07) is 26.8. The number of benzene rings is 3. The fourth-order valence-electron chi connectivity index (χ4n) is 4.23. The predicted molar refractivity (Wildman–Crippen MR) is 122 cm³/mol. The average molecular weight is 393 g/mol. The average Bonchev–Trinajstić information content (AvgIpc) is 3.31. The first-order valence-corrected chi connectivity index (χ1v) is 10.4. The van der Waals surface area contributed by atoms with E-state index in [0.29, 0.717) is 5.69 Å². The van der Waals surface area contributed by atoms with Crippen LogP contribution in [-0.4, -0.2) is 19.7 Å². The van der Waals surface area contributed by atoms with E-state index in [1.165, 1.54) is 5.56 Å². The number of Topliss-reactive ketones (excluding diaryl/α,β-unsaturated/α-hetero) is 1. The van der Waals surface area contributed by atoms with E-state index in [9.17, 15) is 4.79 Å². The Morgan fingerprint density at radius 3 is 2.07 bits per heavy atom. The number of carbonyl (C=O) groups excluding carboxylic acids is 1. The van der Waals surface area contributed by atoms with Gasteiger partial charge in [-0.15, -0.1) is 0 Å². The van der Waals surface area contributed by atoms with Crippen LogP contribution < -0.4 is 0 Å². The highest BCUT2D eigenvalue weighted by atomic mass is 16.1. The zero-order chi connectivity index (χ0) is 20.7. The standard InChI is InChI=1S/C26H23N3O/c1-3-17-28-22-11-7-8-12-23(22)29-25(18(2)30)24(27-26(28)29)21-15-13-20(14-16-21)19-9-5-4-6-10-19/h4-16H,3,17H2,1-2H3. The van der Waals surface area contributed by atoms with Gasteiger partial charge in [0, 0.05) is 19.0 Å². The third kappa shape index (κ3) is 2.84. The lowest BCUT2D eigenvalue weighted by atomic mass is 10.0. The topological polar surface area (TPSA) is 39.3 Å². The van der Waals surface area contributed by atoms with Crippen LogP contribution >= 0.6 is 0 Å². The Morgan fingerprint density at radius 2 is 1.40 bits per heavy atom. The molecule has 0 saturated carbocycles. The summed E-state index contributed by atoms with van der Waals surface area (Å²) >= 11 is 0. The zero-order valence-corrected chi connectivity index (χ0v) is 17.2. The lowest BCUT2D eigenvalue weighted by Crippen LogP contribution is -2.00. The van der Waals surface area contributed by atoms with Crippen molar-refractivity contribution in [2.75, 3.05) is 0 Å². The Hall–Kier alpha value is -3.66. The van der Waals surface area contributed by atoms with Gasteiger partial charge in [-0.05, 0) is 29.7 Å². The van der Waals surface area contributed by atoms with Crippen molar-refractivity contribution in [1.29, 1.82) is 0 Å². The minimum Gasteiger partial charge on any atom is -0.310 e. The molecule has 0 bridgehead atoms. The summed E-state index contributed by atoms with van der Waals surface area (Å²) in [6.07, 6.45) is 0.998. The Balaban J connectivity index is 1.72. The summed E-state index contributed by atoms with van der Waals surface area (Å²) in [6.45, 7) is 4.64. The molecule has 0 saturated heterocycles. The van der Waals surface area contributed by atoms with E-state index in [2.05, 4.69) is 60.0 Å². The first-order chi connectivity index (χ1) is 14.7. The third-order valence-electron chi connectivity index (χ3n) is 5.56. The monoisotopic (exact) mass is 393 g/mol. The molecule has 0 N–H and O–H groups in total. The number of nitrogens with zero attached hydrogens (tertiary/aromatic N) is 3. The molecule has 148 valence electrons. The number of aromatic nitrogens is 3. The minimum atomic E-state index is 0.0176. The highest BCUT2D eigenvalue weighted by Gasteiger charge is 2.23. The van der Waals surface area contributed by atoms with Crippen LogP contribution in [0.25, 0.3) is 39.2 Å².